The summed E-state index contributed by atoms with van der Waals surface area (Å²) in [5.41, 5.74) is 2.24. The number of hydrogen-bond acceptors (Lipinski definition) is 6. The van der Waals surface area contributed by atoms with Crippen molar-refractivity contribution in [2.24, 2.45) is 0 Å². The first-order chi connectivity index (χ1) is 13.5. The van der Waals surface area contributed by atoms with Crippen molar-refractivity contribution in [3.8, 4) is 0 Å². The molecule has 144 valence electrons. The van der Waals surface area contributed by atoms with Crippen LogP contribution in [0.4, 0.5) is 0 Å². The molecule has 3 aromatic rings. The highest BCUT2D eigenvalue weighted by Gasteiger charge is 2.10. The molecule has 0 radical (unpaired) electrons. The first-order valence-electron chi connectivity index (χ1n) is 8.84. The quantitative estimate of drug-likeness (QED) is 0.621. The maximum Gasteiger partial charge on any atom is 0.308 e. The summed E-state index contributed by atoms with van der Waals surface area (Å²) in [7, 11) is 0. The number of amides is 1. The molecule has 0 spiro atoms. The first-order valence-corrected chi connectivity index (χ1v) is 8.84. The predicted molar refractivity (Wildman–Crippen MR) is 102 cm³/mol. The Kier molecular flexibility index (Phi) is 6.11. The molecular formula is C20H20N4O4. The molecule has 0 saturated heterocycles. The molecule has 0 fully saturated rings. The van der Waals surface area contributed by atoms with Crippen LogP contribution < -0.4 is 10.9 Å². The van der Waals surface area contributed by atoms with E-state index in [1.165, 1.54) is 0 Å². The fraction of sp³-hybridized carbons (Fsp3) is 0.250. The Morgan fingerprint density at radius 1 is 1.11 bits per heavy atom. The van der Waals surface area contributed by atoms with Gasteiger partial charge in [-0.25, -0.2) is 4.68 Å². The van der Waals surface area contributed by atoms with Crippen molar-refractivity contribution in [2.75, 3.05) is 6.61 Å². The van der Waals surface area contributed by atoms with Gasteiger partial charge in [-0.3, -0.25) is 14.4 Å². The second kappa shape index (κ2) is 8.90. The van der Waals surface area contributed by atoms with Crippen LogP contribution in [0.25, 0.3) is 10.9 Å². The van der Waals surface area contributed by atoms with E-state index in [2.05, 4.69) is 15.6 Å². The van der Waals surface area contributed by atoms with Crippen LogP contribution in [-0.4, -0.2) is 33.5 Å². The Labute approximate surface area is 161 Å². The third kappa shape index (κ3) is 4.79. The molecule has 0 bridgehead atoms. The molecule has 2 aromatic carbocycles. The highest BCUT2D eigenvalue weighted by atomic mass is 16.5. The lowest BCUT2D eigenvalue weighted by atomic mass is 10.1. The summed E-state index contributed by atoms with van der Waals surface area (Å²) in [6, 6.07) is 14.5. The van der Waals surface area contributed by atoms with Gasteiger partial charge in [-0.1, -0.05) is 41.6 Å². The Hall–Kier alpha value is -3.55. The molecule has 0 aliphatic heterocycles. The molecule has 0 atom stereocenters. The van der Waals surface area contributed by atoms with Crippen molar-refractivity contribution in [1.29, 1.82) is 0 Å². The lowest BCUT2D eigenvalue weighted by Gasteiger charge is -2.09. The standard InChI is InChI=1S/C20H20N4O4/c1-14-6-2-3-7-15(14)12-21-18(25)13-28-19(26)10-11-24-20(27)16-8-4-5-9-17(16)22-23-24/h2-9H,10-13H2,1H3,(H,21,25). The van der Waals surface area contributed by atoms with E-state index in [1.807, 2.05) is 31.2 Å². The van der Waals surface area contributed by atoms with Gasteiger partial charge in [-0.15, -0.1) is 5.10 Å². The van der Waals surface area contributed by atoms with Crippen molar-refractivity contribution >= 4 is 22.8 Å². The van der Waals surface area contributed by atoms with Gasteiger partial charge in [0.05, 0.1) is 18.4 Å². The molecule has 0 aliphatic carbocycles. The average Bonchev–Trinajstić information content (AvgIpc) is 2.71. The Balaban J connectivity index is 1.46. The van der Waals surface area contributed by atoms with Crippen LogP contribution in [0.2, 0.25) is 0 Å². The zero-order valence-electron chi connectivity index (χ0n) is 15.4. The van der Waals surface area contributed by atoms with E-state index in [1.54, 1.807) is 24.3 Å². The van der Waals surface area contributed by atoms with Crippen molar-refractivity contribution in [3.05, 3.63) is 70.0 Å². The number of fused-ring (bicyclic) bond motifs is 1. The number of nitrogens with one attached hydrogen (secondary N) is 1. The Morgan fingerprint density at radius 2 is 1.86 bits per heavy atom. The van der Waals surface area contributed by atoms with Crippen LogP contribution in [0.1, 0.15) is 17.5 Å². The van der Waals surface area contributed by atoms with E-state index in [-0.39, 0.29) is 31.0 Å². The van der Waals surface area contributed by atoms with Crippen molar-refractivity contribution < 1.29 is 14.3 Å². The van der Waals surface area contributed by atoms with Gasteiger partial charge < -0.3 is 10.1 Å². The van der Waals surface area contributed by atoms with Gasteiger partial charge >= 0.3 is 5.97 Å². The van der Waals surface area contributed by atoms with Gasteiger partial charge in [0.25, 0.3) is 11.5 Å². The molecule has 1 heterocycles. The van der Waals surface area contributed by atoms with E-state index in [9.17, 15) is 14.4 Å². The minimum absolute atomic E-state index is 0.0281. The van der Waals surface area contributed by atoms with Crippen LogP contribution in [0, 0.1) is 6.92 Å². The smallest absolute Gasteiger partial charge is 0.308 e. The van der Waals surface area contributed by atoms with Gasteiger partial charge in [-0.2, -0.15) is 0 Å². The van der Waals surface area contributed by atoms with Gasteiger partial charge in [0, 0.05) is 6.54 Å². The van der Waals surface area contributed by atoms with Crippen molar-refractivity contribution in [3.63, 3.8) is 0 Å². The summed E-state index contributed by atoms with van der Waals surface area (Å²) in [4.78, 5) is 36.0. The lowest BCUT2D eigenvalue weighted by molar-refractivity contribution is -0.148. The lowest BCUT2D eigenvalue weighted by Crippen LogP contribution is -2.29. The van der Waals surface area contributed by atoms with Gasteiger partial charge in [0.15, 0.2) is 6.61 Å². The van der Waals surface area contributed by atoms with Gasteiger partial charge in [0.1, 0.15) is 5.52 Å². The third-order valence-corrected chi connectivity index (χ3v) is 4.26. The fourth-order valence-corrected chi connectivity index (χ4v) is 2.64. The molecule has 0 unspecified atom stereocenters. The number of hydrogen-bond donors (Lipinski definition) is 1. The largest absolute Gasteiger partial charge is 0.456 e. The number of aromatic nitrogens is 3. The normalized spacial score (nSPS) is 10.6. The number of carbonyl (C=O) groups excluding carboxylic acids is 2. The number of ether oxygens (including phenoxy) is 1. The minimum Gasteiger partial charge on any atom is -0.456 e. The molecule has 1 aromatic heterocycles. The number of esters is 1. The monoisotopic (exact) mass is 380 g/mol. The molecule has 1 N–H and O–H groups in total. The molecule has 0 aliphatic rings. The van der Waals surface area contributed by atoms with E-state index >= 15 is 0 Å². The summed E-state index contributed by atoms with van der Waals surface area (Å²) in [5, 5.41) is 10.9. The van der Waals surface area contributed by atoms with E-state index in [0.29, 0.717) is 17.4 Å². The predicted octanol–water partition coefficient (Wildman–Crippen LogP) is 1.35. The van der Waals surface area contributed by atoms with Crippen molar-refractivity contribution in [1.82, 2.24) is 20.3 Å². The highest BCUT2D eigenvalue weighted by molar-refractivity contribution is 5.80. The molecule has 0 saturated carbocycles. The second-order valence-electron chi connectivity index (χ2n) is 6.25. The zero-order valence-corrected chi connectivity index (χ0v) is 15.4. The van der Waals surface area contributed by atoms with E-state index in [0.717, 1.165) is 15.8 Å². The molecule has 28 heavy (non-hydrogen) atoms. The number of nitrogens with zero attached hydrogens (tertiary/aromatic N) is 3. The number of aryl methyl sites for hydroxylation is 2. The van der Waals surface area contributed by atoms with Crippen molar-refractivity contribution in [2.45, 2.75) is 26.4 Å². The van der Waals surface area contributed by atoms with Gasteiger partial charge in [-0.05, 0) is 30.2 Å². The van der Waals surface area contributed by atoms with Crippen LogP contribution in [0.3, 0.4) is 0 Å². The highest BCUT2D eigenvalue weighted by Crippen LogP contribution is 2.06. The molecular weight excluding hydrogens is 360 g/mol. The number of benzene rings is 2. The number of carbonyl (C=O) groups is 2. The maximum atomic E-state index is 12.3. The third-order valence-electron chi connectivity index (χ3n) is 4.26. The van der Waals surface area contributed by atoms with Crippen LogP contribution in [0.5, 0.6) is 0 Å². The summed E-state index contributed by atoms with van der Waals surface area (Å²) >= 11 is 0. The van der Waals surface area contributed by atoms with Gasteiger partial charge in [0.2, 0.25) is 0 Å². The summed E-state index contributed by atoms with van der Waals surface area (Å²) in [6.45, 7) is 1.98. The SMILES string of the molecule is Cc1ccccc1CNC(=O)COC(=O)CCn1nnc2ccccc2c1=O. The maximum absolute atomic E-state index is 12.3. The Bertz CT molecular complexity index is 1060. The molecule has 1 amide bonds. The van der Waals surface area contributed by atoms with Crippen LogP contribution in [-0.2, 0) is 27.4 Å². The summed E-state index contributed by atoms with van der Waals surface area (Å²) in [6.07, 6.45) is -0.0853. The summed E-state index contributed by atoms with van der Waals surface area (Å²) < 4.78 is 6.07. The topological polar surface area (TPSA) is 103 Å². The fourth-order valence-electron chi connectivity index (χ4n) is 2.64. The Morgan fingerprint density at radius 3 is 2.68 bits per heavy atom. The van der Waals surface area contributed by atoms with Crippen LogP contribution in [0.15, 0.2) is 53.3 Å². The molecule has 3 rings (SSSR count). The zero-order chi connectivity index (χ0) is 19.9. The number of rotatable bonds is 7. The minimum atomic E-state index is -0.590. The van der Waals surface area contributed by atoms with Crippen LogP contribution >= 0.6 is 0 Å². The second-order valence-corrected chi connectivity index (χ2v) is 6.25. The van der Waals surface area contributed by atoms with E-state index in [4.69, 9.17) is 4.74 Å². The first kappa shape index (κ1) is 19.2. The summed E-state index contributed by atoms with van der Waals surface area (Å²) in [5.74, 6) is -0.979. The van der Waals surface area contributed by atoms with E-state index < -0.39 is 5.97 Å². The average molecular weight is 380 g/mol. The molecule has 8 heteroatoms. The molecule has 8 nitrogen and oxygen atoms in total.